The number of para-hydroxylation sites is 1. The molecular formula is C16H15FN2. The van der Waals surface area contributed by atoms with E-state index in [1.165, 1.54) is 17.2 Å². The van der Waals surface area contributed by atoms with Gasteiger partial charge in [-0.15, -0.1) is 0 Å². The third kappa shape index (κ3) is 2.50. The number of nitrogens with zero attached hydrogens (tertiary/aromatic N) is 1. The maximum atomic E-state index is 13.5. The minimum absolute atomic E-state index is 0.268. The number of H-pyrrole nitrogens is 1. The zero-order valence-corrected chi connectivity index (χ0v) is 10.8. The second-order valence-corrected chi connectivity index (χ2v) is 4.81. The molecule has 0 atom stereocenters. The lowest BCUT2D eigenvalue weighted by atomic mass is 10.1. The lowest BCUT2D eigenvalue weighted by Gasteiger charge is -1.99. The molecule has 19 heavy (non-hydrogen) atoms. The summed E-state index contributed by atoms with van der Waals surface area (Å²) in [6, 6.07) is 13.4. The molecule has 1 N–H and O–H groups in total. The number of aromatic amines is 1. The summed E-state index contributed by atoms with van der Waals surface area (Å²) in [4.78, 5) is 7.48. The number of hydrogen-bond acceptors (Lipinski definition) is 1. The summed E-state index contributed by atoms with van der Waals surface area (Å²) < 4.78 is 13.5. The van der Waals surface area contributed by atoms with Crippen LogP contribution in [0, 0.1) is 12.7 Å². The number of rotatable bonds is 3. The van der Waals surface area contributed by atoms with Crippen molar-refractivity contribution in [3.63, 3.8) is 0 Å². The monoisotopic (exact) mass is 254 g/mol. The summed E-state index contributed by atoms with van der Waals surface area (Å²) in [5, 5.41) is 0. The van der Waals surface area contributed by atoms with Crippen molar-refractivity contribution < 1.29 is 4.39 Å². The van der Waals surface area contributed by atoms with Gasteiger partial charge >= 0.3 is 0 Å². The van der Waals surface area contributed by atoms with Crippen molar-refractivity contribution in [3.05, 3.63) is 65.2 Å². The van der Waals surface area contributed by atoms with Crippen molar-refractivity contribution in [2.45, 2.75) is 19.8 Å². The molecule has 0 spiro atoms. The standard InChI is InChI=1S/C16H15FN2/c1-11-5-7-12(8-6-11)9-10-15-18-14-4-2-3-13(17)16(14)19-15/h2-8H,9-10H2,1H3,(H,18,19). The molecule has 0 fully saturated rings. The smallest absolute Gasteiger partial charge is 0.151 e. The molecule has 3 aromatic rings. The maximum absolute atomic E-state index is 13.5. The summed E-state index contributed by atoms with van der Waals surface area (Å²) in [5.74, 6) is 0.566. The second kappa shape index (κ2) is 4.84. The number of imidazole rings is 1. The molecule has 0 unspecified atom stereocenters. The van der Waals surface area contributed by atoms with Gasteiger partial charge < -0.3 is 4.98 Å². The largest absolute Gasteiger partial charge is 0.342 e. The Morgan fingerprint density at radius 3 is 2.58 bits per heavy atom. The average Bonchev–Trinajstić information content (AvgIpc) is 2.83. The van der Waals surface area contributed by atoms with Gasteiger partial charge in [-0.05, 0) is 31.0 Å². The number of hydrogen-bond donors (Lipinski definition) is 1. The van der Waals surface area contributed by atoms with Crippen LogP contribution >= 0.6 is 0 Å². The molecular weight excluding hydrogens is 239 g/mol. The van der Waals surface area contributed by atoms with Crippen molar-refractivity contribution in [1.82, 2.24) is 9.97 Å². The Hall–Kier alpha value is -2.16. The molecule has 0 saturated heterocycles. The van der Waals surface area contributed by atoms with Crippen LogP contribution in [-0.4, -0.2) is 9.97 Å². The Balaban J connectivity index is 1.78. The molecule has 0 amide bonds. The average molecular weight is 254 g/mol. The number of nitrogens with one attached hydrogen (secondary N) is 1. The predicted octanol–water partition coefficient (Wildman–Crippen LogP) is 3.80. The SMILES string of the molecule is Cc1ccc(CCc2nc3c(F)cccc3[nH]2)cc1. The van der Waals surface area contributed by atoms with Crippen molar-refractivity contribution in [2.75, 3.05) is 0 Å². The maximum Gasteiger partial charge on any atom is 0.151 e. The van der Waals surface area contributed by atoms with Crippen LogP contribution < -0.4 is 0 Å². The van der Waals surface area contributed by atoms with Gasteiger partial charge in [-0.25, -0.2) is 9.37 Å². The van der Waals surface area contributed by atoms with E-state index in [1.54, 1.807) is 6.07 Å². The summed E-state index contributed by atoms with van der Waals surface area (Å²) in [7, 11) is 0. The molecule has 0 radical (unpaired) electrons. The Labute approximate surface area is 111 Å². The van der Waals surface area contributed by atoms with E-state index in [0.29, 0.717) is 5.52 Å². The van der Waals surface area contributed by atoms with Crippen molar-refractivity contribution in [2.24, 2.45) is 0 Å². The molecule has 1 heterocycles. The highest BCUT2D eigenvalue weighted by molar-refractivity contribution is 5.75. The number of halogens is 1. The fourth-order valence-corrected chi connectivity index (χ4v) is 2.18. The molecule has 3 rings (SSSR count). The van der Waals surface area contributed by atoms with E-state index < -0.39 is 0 Å². The number of benzene rings is 2. The first-order chi connectivity index (χ1) is 9.22. The van der Waals surface area contributed by atoms with Crippen LogP contribution in [0.1, 0.15) is 17.0 Å². The molecule has 0 aliphatic heterocycles. The summed E-state index contributed by atoms with van der Waals surface area (Å²) in [5.41, 5.74) is 3.72. The highest BCUT2D eigenvalue weighted by Crippen LogP contribution is 2.16. The van der Waals surface area contributed by atoms with Gasteiger partial charge in [0.1, 0.15) is 11.3 Å². The minimum atomic E-state index is -0.268. The van der Waals surface area contributed by atoms with E-state index in [0.717, 1.165) is 24.2 Å². The summed E-state index contributed by atoms with van der Waals surface area (Å²) in [6.45, 7) is 2.08. The minimum Gasteiger partial charge on any atom is -0.342 e. The Morgan fingerprint density at radius 1 is 1.05 bits per heavy atom. The van der Waals surface area contributed by atoms with Crippen LogP contribution in [0.3, 0.4) is 0 Å². The van der Waals surface area contributed by atoms with Crippen LogP contribution in [0.5, 0.6) is 0 Å². The van der Waals surface area contributed by atoms with Gasteiger partial charge in [0.15, 0.2) is 5.82 Å². The number of aromatic nitrogens is 2. The topological polar surface area (TPSA) is 28.7 Å². The van der Waals surface area contributed by atoms with Crippen molar-refractivity contribution in [3.8, 4) is 0 Å². The van der Waals surface area contributed by atoms with Gasteiger partial charge in [0, 0.05) is 6.42 Å². The van der Waals surface area contributed by atoms with Gasteiger partial charge in [0.2, 0.25) is 0 Å². The third-order valence-corrected chi connectivity index (χ3v) is 3.28. The highest BCUT2D eigenvalue weighted by Gasteiger charge is 2.06. The Kier molecular flexibility index (Phi) is 3.03. The second-order valence-electron chi connectivity index (χ2n) is 4.81. The predicted molar refractivity (Wildman–Crippen MR) is 74.6 cm³/mol. The van der Waals surface area contributed by atoms with E-state index in [4.69, 9.17) is 0 Å². The lowest BCUT2D eigenvalue weighted by Crippen LogP contribution is -1.93. The number of aryl methyl sites for hydroxylation is 3. The molecule has 96 valence electrons. The summed E-state index contributed by atoms with van der Waals surface area (Å²) in [6.07, 6.45) is 1.69. The lowest BCUT2D eigenvalue weighted by molar-refractivity contribution is 0.637. The molecule has 3 heteroatoms. The first kappa shape index (κ1) is 11.9. The normalized spacial score (nSPS) is 11.1. The molecule has 1 aromatic heterocycles. The van der Waals surface area contributed by atoms with Crippen molar-refractivity contribution >= 4 is 11.0 Å². The molecule has 0 bridgehead atoms. The van der Waals surface area contributed by atoms with E-state index in [2.05, 4.69) is 41.2 Å². The third-order valence-electron chi connectivity index (χ3n) is 3.28. The van der Waals surface area contributed by atoms with Gasteiger partial charge in [-0.2, -0.15) is 0 Å². The van der Waals surface area contributed by atoms with Crippen molar-refractivity contribution in [1.29, 1.82) is 0 Å². The fourth-order valence-electron chi connectivity index (χ4n) is 2.18. The van der Waals surface area contributed by atoms with Crippen LogP contribution in [0.25, 0.3) is 11.0 Å². The molecule has 2 nitrogen and oxygen atoms in total. The van der Waals surface area contributed by atoms with Crippen LogP contribution in [0.15, 0.2) is 42.5 Å². The first-order valence-corrected chi connectivity index (χ1v) is 6.41. The highest BCUT2D eigenvalue weighted by atomic mass is 19.1. The number of fused-ring (bicyclic) bond motifs is 1. The van der Waals surface area contributed by atoms with Gasteiger partial charge in [-0.1, -0.05) is 35.9 Å². The zero-order valence-electron chi connectivity index (χ0n) is 10.8. The van der Waals surface area contributed by atoms with Gasteiger partial charge in [-0.3, -0.25) is 0 Å². The van der Waals surface area contributed by atoms with E-state index in [9.17, 15) is 4.39 Å². The Bertz CT molecular complexity index is 698. The fraction of sp³-hybridized carbons (Fsp3) is 0.188. The Morgan fingerprint density at radius 2 is 1.84 bits per heavy atom. The van der Waals surface area contributed by atoms with E-state index in [1.807, 2.05) is 6.07 Å². The quantitative estimate of drug-likeness (QED) is 0.756. The van der Waals surface area contributed by atoms with E-state index >= 15 is 0 Å². The zero-order chi connectivity index (χ0) is 13.2. The van der Waals surface area contributed by atoms with Crippen LogP contribution in [0.2, 0.25) is 0 Å². The van der Waals surface area contributed by atoms with Gasteiger partial charge in [0.05, 0.1) is 5.52 Å². The molecule has 0 aliphatic rings. The molecule has 0 aliphatic carbocycles. The van der Waals surface area contributed by atoms with E-state index in [-0.39, 0.29) is 5.82 Å². The molecule has 0 saturated carbocycles. The van der Waals surface area contributed by atoms with Crippen LogP contribution in [0.4, 0.5) is 4.39 Å². The summed E-state index contributed by atoms with van der Waals surface area (Å²) >= 11 is 0. The first-order valence-electron chi connectivity index (χ1n) is 6.41. The molecule has 2 aromatic carbocycles. The van der Waals surface area contributed by atoms with Gasteiger partial charge in [0.25, 0.3) is 0 Å². The van der Waals surface area contributed by atoms with Crippen LogP contribution in [-0.2, 0) is 12.8 Å².